The highest BCUT2D eigenvalue weighted by Gasteiger charge is 2.32. The van der Waals surface area contributed by atoms with Crippen LogP contribution in [0.3, 0.4) is 0 Å². The standard InChI is InChI=1S/C24H39N7O5S/c1-17-15-18-5-2-7-20(22(18)28-16-17)37(35,36)29-19(6-3-9-27-24(25)26)23(34)31-13-11-30(12-14-31)10-4-8-21(32)33/h2,5,7,17,19,28-29H,3-4,6,8-16H2,1H3,(H,32,33)(H4,25,26,27)/t17-,19?/m0/s1. The van der Waals surface area contributed by atoms with Crippen LogP contribution < -0.4 is 21.1 Å². The summed E-state index contributed by atoms with van der Waals surface area (Å²) < 4.78 is 29.7. The van der Waals surface area contributed by atoms with Crippen molar-refractivity contribution in [2.24, 2.45) is 11.7 Å². The summed E-state index contributed by atoms with van der Waals surface area (Å²) >= 11 is 0. The predicted octanol–water partition coefficient (Wildman–Crippen LogP) is 0.210. The molecule has 0 spiro atoms. The summed E-state index contributed by atoms with van der Waals surface area (Å²) in [5.41, 5.74) is 6.87. The number of carboxylic acid groups (broad SMARTS) is 1. The van der Waals surface area contributed by atoms with Gasteiger partial charge in [0.1, 0.15) is 10.9 Å². The van der Waals surface area contributed by atoms with Gasteiger partial charge in [0.25, 0.3) is 0 Å². The molecule has 0 aromatic heterocycles. The van der Waals surface area contributed by atoms with E-state index in [9.17, 15) is 18.0 Å². The zero-order valence-electron chi connectivity index (χ0n) is 21.3. The Kier molecular flexibility index (Phi) is 10.1. The van der Waals surface area contributed by atoms with Gasteiger partial charge in [-0.05, 0) is 49.8 Å². The molecular formula is C24H39N7O5S. The fraction of sp³-hybridized carbons (Fsp3) is 0.625. The zero-order valence-corrected chi connectivity index (χ0v) is 22.1. The van der Waals surface area contributed by atoms with E-state index >= 15 is 0 Å². The molecule has 2 heterocycles. The summed E-state index contributed by atoms with van der Waals surface area (Å²) in [6.45, 7) is 5.85. The Morgan fingerprint density at radius 3 is 2.65 bits per heavy atom. The summed E-state index contributed by atoms with van der Waals surface area (Å²) in [7, 11) is -4.00. The first-order chi connectivity index (χ1) is 17.6. The zero-order chi connectivity index (χ0) is 27.0. The van der Waals surface area contributed by atoms with E-state index in [1.54, 1.807) is 17.0 Å². The van der Waals surface area contributed by atoms with E-state index in [0.717, 1.165) is 12.0 Å². The van der Waals surface area contributed by atoms with Gasteiger partial charge in [0.05, 0.1) is 5.69 Å². The first-order valence-corrected chi connectivity index (χ1v) is 14.2. The lowest BCUT2D eigenvalue weighted by Gasteiger charge is -2.36. The molecule has 2 aliphatic heterocycles. The third-order valence-corrected chi connectivity index (χ3v) is 8.24. The molecule has 37 heavy (non-hydrogen) atoms. The van der Waals surface area contributed by atoms with E-state index in [-0.39, 0.29) is 29.6 Å². The number of hydrogen-bond acceptors (Lipinski definition) is 7. The van der Waals surface area contributed by atoms with Gasteiger partial charge in [0.15, 0.2) is 5.96 Å². The normalized spacial score (nSPS) is 18.9. The van der Waals surface area contributed by atoms with Gasteiger partial charge in [0.2, 0.25) is 15.9 Å². The maximum Gasteiger partial charge on any atom is 0.303 e. The number of carbonyl (C=O) groups excluding carboxylic acids is 1. The molecule has 1 fully saturated rings. The van der Waals surface area contributed by atoms with Crippen molar-refractivity contribution in [2.45, 2.75) is 50.0 Å². The number of sulfonamides is 1. The number of aliphatic carboxylic acids is 1. The molecule has 3 rings (SSSR count). The quantitative estimate of drug-likeness (QED) is 0.123. The number of amides is 1. The highest BCUT2D eigenvalue weighted by Crippen LogP contribution is 2.31. The molecule has 1 aromatic rings. The van der Waals surface area contributed by atoms with Crippen LogP contribution in [-0.4, -0.2) is 93.0 Å². The van der Waals surface area contributed by atoms with Gasteiger partial charge in [-0.15, -0.1) is 0 Å². The number of para-hydroxylation sites is 1. The fourth-order valence-corrected chi connectivity index (χ4v) is 6.22. The number of nitrogens with two attached hydrogens (primary N) is 1. The molecule has 12 nitrogen and oxygen atoms in total. The summed E-state index contributed by atoms with van der Waals surface area (Å²) in [6, 6.07) is 4.24. The lowest BCUT2D eigenvalue weighted by atomic mass is 9.96. The van der Waals surface area contributed by atoms with Crippen molar-refractivity contribution >= 4 is 33.5 Å². The minimum atomic E-state index is -4.00. The second-order valence-electron chi connectivity index (χ2n) is 9.80. The summed E-state index contributed by atoms with van der Waals surface area (Å²) in [4.78, 5) is 28.2. The predicted molar refractivity (Wildman–Crippen MR) is 141 cm³/mol. The molecule has 13 heteroatoms. The Morgan fingerprint density at radius 1 is 1.24 bits per heavy atom. The van der Waals surface area contributed by atoms with E-state index in [4.69, 9.17) is 16.2 Å². The number of carboxylic acids is 1. The first-order valence-electron chi connectivity index (χ1n) is 12.8. The van der Waals surface area contributed by atoms with Gasteiger partial charge >= 0.3 is 5.97 Å². The number of anilines is 1. The van der Waals surface area contributed by atoms with Crippen molar-refractivity contribution in [3.05, 3.63) is 23.8 Å². The molecule has 0 bridgehead atoms. The molecule has 7 N–H and O–H groups in total. The van der Waals surface area contributed by atoms with Crippen LogP contribution in [-0.2, 0) is 26.0 Å². The number of rotatable bonds is 12. The Labute approximate surface area is 218 Å². The number of benzene rings is 1. The molecule has 0 aliphatic carbocycles. The minimum Gasteiger partial charge on any atom is -0.481 e. The van der Waals surface area contributed by atoms with Gasteiger partial charge in [0, 0.05) is 45.7 Å². The Hall–Kier alpha value is -2.90. The van der Waals surface area contributed by atoms with Crippen LogP contribution in [0.2, 0.25) is 0 Å². The van der Waals surface area contributed by atoms with Gasteiger partial charge in [-0.1, -0.05) is 19.1 Å². The molecule has 1 unspecified atom stereocenters. The molecule has 2 atom stereocenters. The second kappa shape index (κ2) is 13.1. The molecule has 206 valence electrons. The van der Waals surface area contributed by atoms with Crippen LogP contribution in [0.5, 0.6) is 0 Å². The summed E-state index contributed by atoms with van der Waals surface area (Å²) in [5, 5.41) is 22.1. The summed E-state index contributed by atoms with van der Waals surface area (Å²) in [6.07, 6.45) is 2.12. The second-order valence-corrected chi connectivity index (χ2v) is 11.5. The van der Waals surface area contributed by atoms with Crippen LogP contribution in [0.25, 0.3) is 0 Å². The molecule has 2 aliphatic rings. The van der Waals surface area contributed by atoms with Crippen molar-refractivity contribution in [1.29, 1.82) is 5.41 Å². The monoisotopic (exact) mass is 537 g/mol. The molecule has 0 radical (unpaired) electrons. The molecule has 1 saturated heterocycles. The van der Waals surface area contributed by atoms with E-state index < -0.39 is 22.0 Å². The Bertz CT molecular complexity index is 1070. The maximum absolute atomic E-state index is 13.5. The summed E-state index contributed by atoms with van der Waals surface area (Å²) in [5.74, 6) is -0.904. The minimum absolute atomic E-state index is 0.105. The average molecular weight is 538 g/mol. The van der Waals surface area contributed by atoms with Crippen molar-refractivity contribution < 1.29 is 23.1 Å². The fourth-order valence-electron chi connectivity index (χ4n) is 4.77. The highest BCUT2D eigenvalue weighted by molar-refractivity contribution is 7.89. The smallest absolute Gasteiger partial charge is 0.303 e. The van der Waals surface area contributed by atoms with Gasteiger partial charge < -0.3 is 26.4 Å². The SMILES string of the molecule is C[C@@H]1CNc2c(cccc2S(=O)(=O)NC(CCCNC(=N)N)C(=O)N2CCN(CCCC(=O)O)CC2)C1. The molecular weight excluding hydrogens is 498 g/mol. The van der Waals surface area contributed by atoms with Crippen LogP contribution >= 0.6 is 0 Å². The lowest BCUT2D eigenvalue weighted by Crippen LogP contribution is -2.55. The van der Waals surface area contributed by atoms with Crippen LogP contribution in [0, 0.1) is 11.3 Å². The Balaban J connectivity index is 1.70. The van der Waals surface area contributed by atoms with E-state index in [1.165, 1.54) is 0 Å². The number of guanidine groups is 1. The van der Waals surface area contributed by atoms with Crippen molar-refractivity contribution in [3.8, 4) is 0 Å². The van der Waals surface area contributed by atoms with Crippen LogP contribution in [0.1, 0.15) is 38.2 Å². The van der Waals surface area contributed by atoms with Crippen LogP contribution in [0.4, 0.5) is 5.69 Å². The highest BCUT2D eigenvalue weighted by atomic mass is 32.2. The number of nitrogens with zero attached hydrogens (tertiary/aromatic N) is 2. The van der Waals surface area contributed by atoms with E-state index in [2.05, 4.69) is 27.2 Å². The van der Waals surface area contributed by atoms with E-state index in [1.807, 2.05) is 6.07 Å². The molecule has 0 saturated carbocycles. The lowest BCUT2D eigenvalue weighted by molar-refractivity contribution is -0.137. The van der Waals surface area contributed by atoms with Gasteiger partial charge in [-0.3, -0.25) is 19.9 Å². The third kappa shape index (κ3) is 8.30. The average Bonchev–Trinajstić information content (AvgIpc) is 2.85. The number of piperazine rings is 1. The van der Waals surface area contributed by atoms with Crippen molar-refractivity contribution in [2.75, 3.05) is 51.1 Å². The number of fused-ring (bicyclic) bond motifs is 1. The topological polar surface area (TPSA) is 181 Å². The van der Waals surface area contributed by atoms with Crippen molar-refractivity contribution in [3.63, 3.8) is 0 Å². The van der Waals surface area contributed by atoms with Crippen LogP contribution in [0.15, 0.2) is 23.1 Å². The van der Waals surface area contributed by atoms with Crippen molar-refractivity contribution in [1.82, 2.24) is 19.8 Å². The Morgan fingerprint density at radius 2 is 1.97 bits per heavy atom. The number of hydrogen-bond donors (Lipinski definition) is 6. The number of nitrogens with one attached hydrogen (secondary N) is 4. The maximum atomic E-state index is 13.5. The number of carbonyl (C=O) groups is 2. The van der Waals surface area contributed by atoms with Gasteiger partial charge in [-0.25, -0.2) is 8.42 Å². The first kappa shape index (κ1) is 28.7. The van der Waals surface area contributed by atoms with Gasteiger partial charge in [-0.2, -0.15) is 4.72 Å². The van der Waals surface area contributed by atoms with E-state index in [0.29, 0.717) is 70.3 Å². The molecule has 1 amide bonds. The largest absolute Gasteiger partial charge is 0.481 e. The third-order valence-electron chi connectivity index (χ3n) is 6.73. The molecule has 1 aromatic carbocycles.